The summed E-state index contributed by atoms with van der Waals surface area (Å²) in [5.41, 5.74) is 0. The van der Waals surface area contributed by atoms with Gasteiger partial charge in [-0.2, -0.15) is 0 Å². The maximum atomic E-state index is 4.24. The molecule has 2 unspecified atom stereocenters. The first-order chi connectivity index (χ1) is 7.65. The van der Waals surface area contributed by atoms with Crippen LogP contribution in [0.1, 0.15) is 40.5 Å². The lowest BCUT2D eigenvalue weighted by molar-refractivity contribution is 0.722. The van der Waals surface area contributed by atoms with Crippen LogP contribution >= 0.6 is 0 Å². The van der Waals surface area contributed by atoms with E-state index < -0.39 is 0 Å². The molecule has 0 aromatic rings. The molecule has 0 saturated heterocycles. The van der Waals surface area contributed by atoms with Gasteiger partial charge in [-0.1, -0.05) is 13.8 Å². The third-order valence-electron chi connectivity index (χ3n) is 2.61. The summed E-state index contributed by atoms with van der Waals surface area (Å²) in [5.74, 6) is 2.33. The summed E-state index contributed by atoms with van der Waals surface area (Å²) in [6, 6.07) is 1.15. The van der Waals surface area contributed by atoms with Crippen LogP contribution in [-0.2, 0) is 0 Å². The minimum Gasteiger partial charge on any atom is -0.370 e. The summed E-state index contributed by atoms with van der Waals surface area (Å²) < 4.78 is 0. The highest BCUT2D eigenvalue weighted by molar-refractivity contribution is 5.84. The maximum absolute atomic E-state index is 4.24. The van der Waals surface area contributed by atoms with Crippen molar-refractivity contribution in [3.63, 3.8) is 0 Å². The normalized spacial score (nSPS) is 27.2. The van der Waals surface area contributed by atoms with Crippen molar-refractivity contribution in [2.24, 2.45) is 9.98 Å². The van der Waals surface area contributed by atoms with E-state index in [0.29, 0.717) is 12.1 Å². The van der Waals surface area contributed by atoms with Crippen molar-refractivity contribution in [2.75, 3.05) is 13.1 Å². The number of hydrogen-bond acceptors (Lipinski definition) is 4. The summed E-state index contributed by atoms with van der Waals surface area (Å²) in [7, 11) is 0. The summed E-state index contributed by atoms with van der Waals surface area (Å²) >= 11 is 0. The first kappa shape index (κ1) is 13.0. The van der Waals surface area contributed by atoms with Crippen LogP contribution in [0.15, 0.2) is 9.98 Å². The van der Waals surface area contributed by atoms with E-state index in [1.807, 2.05) is 0 Å². The Hall–Kier alpha value is -1.06. The number of rotatable bonds is 2. The Morgan fingerprint density at radius 2 is 1.31 bits per heavy atom. The second-order valence-electron chi connectivity index (χ2n) is 4.37. The highest BCUT2D eigenvalue weighted by atomic mass is 15.1. The molecule has 0 aliphatic carbocycles. The molecule has 2 rings (SSSR count). The van der Waals surface area contributed by atoms with E-state index in [9.17, 15) is 0 Å². The number of aliphatic imine (C=N–C) groups is 2. The van der Waals surface area contributed by atoms with Gasteiger partial charge in [0.1, 0.15) is 0 Å². The average Bonchev–Trinajstić information content (AvgIpc) is 2.88. The molecular formula is C12H24N4. The van der Waals surface area contributed by atoms with Gasteiger partial charge in [-0.3, -0.25) is 9.98 Å². The lowest BCUT2D eigenvalue weighted by Crippen LogP contribution is -2.26. The zero-order chi connectivity index (χ0) is 12.0. The number of nitrogens with one attached hydrogen (secondary N) is 2. The van der Waals surface area contributed by atoms with Crippen LogP contribution < -0.4 is 10.6 Å². The summed E-state index contributed by atoms with van der Waals surface area (Å²) in [6.45, 7) is 10.4. The maximum Gasteiger partial charge on any atom is 0.0963 e. The predicted octanol–water partition coefficient (Wildman–Crippen LogP) is 1.57. The summed E-state index contributed by atoms with van der Waals surface area (Å²) in [4.78, 5) is 8.48. The van der Waals surface area contributed by atoms with E-state index in [1.165, 1.54) is 0 Å². The largest absolute Gasteiger partial charge is 0.370 e. The molecule has 0 saturated carbocycles. The van der Waals surface area contributed by atoms with Crippen molar-refractivity contribution in [2.45, 2.75) is 52.6 Å². The van der Waals surface area contributed by atoms with Crippen LogP contribution in [-0.4, -0.2) is 36.8 Å². The van der Waals surface area contributed by atoms with Gasteiger partial charge in [0.2, 0.25) is 0 Å². The first-order valence-electron chi connectivity index (χ1n) is 6.25. The van der Waals surface area contributed by atoms with Crippen molar-refractivity contribution in [1.29, 1.82) is 0 Å². The van der Waals surface area contributed by atoms with Crippen molar-refractivity contribution in [3.05, 3.63) is 0 Å². The second kappa shape index (κ2) is 6.51. The molecule has 4 heteroatoms. The molecule has 0 bridgehead atoms. The third kappa shape index (κ3) is 4.21. The molecule has 0 radical (unpaired) electrons. The fourth-order valence-corrected chi connectivity index (χ4v) is 1.67. The Morgan fingerprint density at radius 1 is 0.938 bits per heavy atom. The van der Waals surface area contributed by atoms with Crippen molar-refractivity contribution in [1.82, 2.24) is 10.6 Å². The summed E-state index contributed by atoms with van der Waals surface area (Å²) in [6.07, 6.45) is 2.09. The van der Waals surface area contributed by atoms with E-state index in [-0.39, 0.29) is 0 Å². The summed E-state index contributed by atoms with van der Waals surface area (Å²) in [5, 5.41) is 6.51. The van der Waals surface area contributed by atoms with Gasteiger partial charge in [-0.15, -0.1) is 0 Å². The highest BCUT2D eigenvalue weighted by Crippen LogP contribution is 1.96. The third-order valence-corrected chi connectivity index (χ3v) is 2.61. The monoisotopic (exact) mass is 224 g/mol. The molecule has 0 spiro atoms. The van der Waals surface area contributed by atoms with Gasteiger partial charge in [0.05, 0.1) is 24.8 Å². The lowest BCUT2D eigenvalue weighted by atomic mass is 10.4. The zero-order valence-electron chi connectivity index (χ0n) is 10.9. The van der Waals surface area contributed by atoms with Crippen LogP contribution in [0.4, 0.5) is 0 Å². The molecule has 0 amide bonds. The molecule has 2 aliphatic rings. The van der Waals surface area contributed by atoms with Gasteiger partial charge in [-0.25, -0.2) is 0 Å². The molecular weight excluding hydrogens is 200 g/mol. The van der Waals surface area contributed by atoms with E-state index in [2.05, 4.69) is 48.3 Å². The number of hydrogen-bond donors (Lipinski definition) is 2. The minimum absolute atomic E-state index is 0.574. The van der Waals surface area contributed by atoms with Crippen molar-refractivity contribution < 1.29 is 0 Å². The fraction of sp³-hybridized carbons (Fsp3) is 0.833. The van der Waals surface area contributed by atoms with Crippen LogP contribution in [0.2, 0.25) is 0 Å². The highest BCUT2D eigenvalue weighted by Gasteiger charge is 2.09. The molecule has 92 valence electrons. The van der Waals surface area contributed by atoms with Gasteiger partial charge >= 0.3 is 0 Å². The van der Waals surface area contributed by atoms with Gasteiger partial charge in [0, 0.05) is 24.9 Å². The Bertz CT molecular complexity index is 242. The molecule has 2 atom stereocenters. The van der Waals surface area contributed by atoms with E-state index >= 15 is 0 Å². The van der Waals surface area contributed by atoms with Gasteiger partial charge in [0.15, 0.2) is 0 Å². The standard InChI is InChI=1S/2C6H12N2/c2*1-3-6-7-4-5(2)8-6/h2*5H,3-4H2,1-2H3,(H,7,8). The number of nitrogens with zero attached hydrogens (tertiary/aromatic N) is 2. The van der Waals surface area contributed by atoms with Crippen LogP contribution in [0.25, 0.3) is 0 Å². The smallest absolute Gasteiger partial charge is 0.0963 e. The van der Waals surface area contributed by atoms with Gasteiger partial charge in [0.25, 0.3) is 0 Å². The van der Waals surface area contributed by atoms with Gasteiger partial charge < -0.3 is 10.6 Å². The lowest BCUT2D eigenvalue weighted by Gasteiger charge is -2.01. The molecule has 4 nitrogen and oxygen atoms in total. The molecule has 0 aromatic carbocycles. The SMILES string of the molecule is CCC1=NCC(C)N1.CCC1=NCC(C)N1. The minimum atomic E-state index is 0.574. The molecule has 0 fully saturated rings. The van der Waals surface area contributed by atoms with Gasteiger partial charge in [-0.05, 0) is 13.8 Å². The Morgan fingerprint density at radius 3 is 1.44 bits per heavy atom. The number of amidine groups is 2. The molecule has 2 N–H and O–H groups in total. The Kier molecular flexibility index (Phi) is 5.29. The predicted molar refractivity (Wildman–Crippen MR) is 70.4 cm³/mol. The molecule has 2 aliphatic heterocycles. The van der Waals surface area contributed by atoms with E-state index in [1.54, 1.807) is 0 Å². The molecule has 16 heavy (non-hydrogen) atoms. The van der Waals surface area contributed by atoms with Crippen LogP contribution in [0.3, 0.4) is 0 Å². The zero-order valence-corrected chi connectivity index (χ0v) is 10.9. The van der Waals surface area contributed by atoms with Crippen LogP contribution in [0, 0.1) is 0 Å². The van der Waals surface area contributed by atoms with Crippen molar-refractivity contribution >= 4 is 11.7 Å². The molecule has 0 aromatic heterocycles. The van der Waals surface area contributed by atoms with Crippen LogP contribution in [0.5, 0.6) is 0 Å². The molecule has 2 heterocycles. The first-order valence-corrected chi connectivity index (χ1v) is 6.25. The topological polar surface area (TPSA) is 48.8 Å². The quantitative estimate of drug-likeness (QED) is 0.748. The Labute approximate surface area is 98.6 Å². The van der Waals surface area contributed by atoms with E-state index in [4.69, 9.17) is 0 Å². The Balaban J connectivity index is 0.000000160. The second-order valence-corrected chi connectivity index (χ2v) is 4.37. The van der Waals surface area contributed by atoms with Crippen molar-refractivity contribution in [3.8, 4) is 0 Å². The fourth-order valence-electron chi connectivity index (χ4n) is 1.67. The average molecular weight is 224 g/mol. The van der Waals surface area contributed by atoms with E-state index in [0.717, 1.165) is 37.6 Å².